The average molecular weight is 351 g/mol. The number of piperazine rings is 1. The molecule has 5 nitrogen and oxygen atoms in total. The number of rotatable bonds is 4. The van der Waals surface area contributed by atoms with Gasteiger partial charge in [-0.25, -0.2) is 0 Å². The van der Waals surface area contributed by atoms with Gasteiger partial charge in [0.15, 0.2) is 0 Å². The Kier molecular flexibility index (Phi) is 5.56. The van der Waals surface area contributed by atoms with Gasteiger partial charge in [-0.2, -0.15) is 0 Å². The van der Waals surface area contributed by atoms with Gasteiger partial charge in [0.1, 0.15) is 0 Å². The normalized spacial score (nSPS) is 14.2. The number of hydrogen-bond acceptors (Lipinski definition) is 3. The van der Waals surface area contributed by atoms with Gasteiger partial charge in [-0.05, 0) is 36.8 Å². The molecule has 1 fully saturated rings. The van der Waals surface area contributed by atoms with Crippen LogP contribution in [0.3, 0.4) is 0 Å². The molecule has 0 radical (unpaired) electrons. The van der Waals surface area contributed by atoms with Crippen molar-refractivity contribution in [1.29, 1.82) is 0 Å². The second-order valence-electron chi connectivity index (χ2n) is 6.76. The lowest BCUT2D eigenvalue weighted by Crippen LogP contribution is -2.49. The molecule has 0 spiro atoms. The summed E-state index contributed by atoms with van der Waals surface area (Å²) in [4.78, 5) is 27.8. The Morgan fingerprint density at radius 2 is 1.54 bits per heavy atom. The minimum atomic E-state index is -0.0709. The van der Waals surface area contributed by atoms with Crippen LogP contribution in [0.1, 0.15) is 18.1 Å². The van der Waals surface area contributed by atoms with E-state index in [9.17, 15) is 9.59 Å². The van der Waals surface area contributed by atoms with Crippen LogP contribution >= 0.6 is 0 Å². The number of hydrogen-bond donors (Lipinski definition) is 1. The summed E-state index contributed by atoms with van der Waals surface area (Å²) < 4.78 is 0. The van der Waals surface area contributed by atoms with Crippen molar-refractivity contribution in [1.82, 2.24) is 4.90 Å². The van der Waals surface area contributed by atoms with Gasteiger partial charge in [-0.15, -0.1) is 0 Å². The monoisotopic (exact) mass is 351 g/mol. The molecule has 1 aliphatic heterocycles. The molecule has 1 saturated heterocycles. The summed E-state index contributed by atoms with van der Waals surface area (Å²) >= 11 is 0. The quantitative estimate of drug-likeness (QED) is 0.922. The van der Waals surface area contributed by atoms with Crippen LogP contribution in [-0.4, -0.2) is 42.9 Å². The molecule has 0 saturated carbocycles. The number of carbonyl (C=O) groups is 2. The molecule has 0 bridgehead atoms. The highest BCUT2D eigenvalue weighted by atomic mass is 16.2. The minimum absolute atomic E-state index is 0.0709. The predicted octanol–water partition coefficient (Wildman–Crippen LogP) is 2.84. The molecule has 5 heteroatoms. The van der Waals surface area contributed by atoms with Crippen molar-refractivity contribution in [3.05, 3.63) is 59.7 Å². The Morgan fingerprint density at radius 3 is 2.12 bits per heavy atom. The third-order valence-electron chi connectivity index (χ3n) is 4.66. The summed E-state index contributed by atoms with van der Waals surface area (Å²) in [6.07, 6.45) is 0.464. The Hall–Kier alpha value is -2.82. The van der Waals surface area contributed by atoms with Crippen molar-refractivity contribution in [2.45, 2.75) is 20.3 Å². The number of carbonyl (C=O) groups excluding carboxylic acids is 2. The van der Waals surface area contributed by atoms with Crippen molar-refractivity contribution < 1.29 is 9.59 Å². The van der Waals surface area contributed by atoms with E-state index in [1.54, 1.807) is 0 Å². The van der Waals surface area contributed by atoms with E-state index in [0.717, 1.165) is 43.1 Å². The van der Waals surface area contributed by atoms with Gasteiger partial charge in [0.25, 0.3) is 0 Å². The highest BCUT2D eigenvalue weighted by Crippen LogP contribution is 2.20. The summed E-state index contributed by atoms with van der Waals surface area (Å²) in [7, 11) is 0. The SMILES string of the molecule is CC(=O)Nc1ccc(N2CCN(C(=O)Cc3ccc(C)cc3)CC2)cc1. The standard InChI is InChI=1S/C21H25N3O2/c1-16-3-5-18(6-4-16)15-21(26)24-13-11-23(12-14-24)20-9-7-19(8-10-20)22-17(2)25/h3-10H,11-15H2,1-2H3,(H,22,25). The number of benzene rings is 2. The predicted molar refractivity (Wildman–Crippen MR) is 104 cm³/mol. The topological polar surface area (TPSA) is 52.7 Å². The summed E-state index contributed by atoms with van der Waals surface area (Å²) in [6.45, 7) is 6.66. The van der Waals surface area contributed by atoms with Crippen LogP contribution in [0.4, 0.5) is 11.4 Å². The third-order valence-corrected chi connectivity index (χ3v) is 4.66. The first-order valence-corrected chi connectivity index (χ1v) is 8.97. The van der Waals surface area contributed by atoms with Crippen LogP contribution in [0.25, 0.3) is 0 Å². The van der Waals surface area contributed by atoms with Crippen LogP contribution < -0.4 is 10.2 Å². The van der Waals surface area contributed by atoms with Gasteiger partial charge in [0.05, 0.1) is 6.42 Å². The molecule has 0 aliphatic carbocycles. The molecule has 1 aliphatic rings. The fraction of sp³-hybridized carbons (Fsp3) is 0.333. The first kappa shape index (κ1) is 18.0. The maximum Gasteiger partial charge on any atom is 0.227 e. The van der Waals surface area contributed by atoms with Crippen molar-refractivity contribution in [3.8, 4) is 0 Å². The van der Waals surface area contributed by atoms with Crippen molar-refractivity contribution in [2.75, 3.05) is 36.4 Å². The molecule has 136 valence electrons. The number of nitrogens with one attached hydrogen (secondary N) is 1. The van der Waals surface area contributed by atoms with Gasteiger partial charge >= 0.3 is 0 Å². The Bertz CT molecular complexity index is 761. The zero-order valence-electron chi connectivity index (χ0n) is 15.4. The number of amides is 2. The van der Waals surface area contributed by atoms with E-state index in [1.807, 2.05) is 60.4 Å². The van der Waals surface area contributed by atoms with E-state index >= 15 is 0 Å². The number of anilines is 2. The van der Waals surface area contributed by atoms with E-state index < -0.39 is 0 Å². The lowest BCUT2D eigenvalue weighted by atomic mass is 10.1. The van der Waals surface area contributed by atoms with Crippen molar-refractivity contribution >= 4 is 23.2 Å². The fourth-order valence-electron chi connectivity index (χ4n) is 3.17. The number of nitrogens with zero attached hydrogens (tertiary/aromatic N) is 2. The molecule has 2 amide bonds. The lowest BCUT2D eigenvalue weighted by molar-refractivity contribution is -0.130. The summed E-state index contributed by atoms with van der Waals surface area (Å²) in [5, 5.41) is 2.77. The Balaban J connectivity index is 1.52. The molecule has 3 rings (SSSR count). The lowest BCUT2D eigenvalue weighted by Gasteiger charge is -2.36. The third kappa shape index (κ3) is 4.63. The van der Waals surface area contributed by atoms with Crippen LogP contribution in [-0.2, 0) is 16.0 Å². The summed E-state index contributed by atoms with van der Waals surface area (Å²) in [6, 6.07) is 16.0. The summed E-state index contributed by atoms with van der Waals surface area (Å²) in [5.74, 6) is 0.118. The molecule has 0 aromatic heterocycles. The smallest absolute Gasteiger partial charge is 0.227 e. The molecule has 2 aromatic rings. The highest BCUT2D eigenvalue weighted by Gasteiger charge is 2.21. The van der Waals surface area contributed by atoms with Crippen LogP contribution in [0.15, 0.2) is 48.5 Å². The zero-order valence-corrected chi connectivity index (χ0v) is 15.4. The maximum atomic E-state index is 12.5. The first-order valence-electron chi connectivity index (χ1n) is 8.97. The molecule has 1 N–H and O–H groups in total. The average Bonchev–Trinajstić information content (AvgIpc) is 2.64. The van der Waals surface area contributed by atoms with Crippen LogP contribution in [0.5, 0.6) is 0 Å². The molecular formula is C21H25N3O2. The first-order chi connectivity index (χ1) is 12.5. The highest BCUT2D eigenvalue weighted by molar-refractivity contribution is 5.88. The molecular weight excluding hydrogens is 326 g/mol. The largest absolute Gasteiger partial charge is 0.368 e. The van der Waals surface area contributed by atoms with Gasteiger partial charge in [0.2, 0.25) is 11.8 Å². The maximum absolute atomic E-state index is 12.5. The van der Waals surface area contributed by atoms with Gasteiger partial charge in [-0.3, -0.25) is 9.59 Å². The van der Waals surface area contributed by atoms with E-state index in [2.05, 4.69) is 10.2 Å². The van der Waals surface area contributed by atoms with Gasteiger partial charge in [0, 0.05) is 44.5 Å². The number of aryl methyl sites for hydroxylation is 1. The van der Waals surface area contributed by atoms with E-state index in [-0.39, 0.29) is 11.8 Å². The Labute approximate surface area is 154 Å². The Morgan fingerprint density at radius 1 is 0.923 bits per heavy atom. The van der Waals surface area contributed by atoms with E-state index in [4.69, 9.17) is 0 Å². The zero-order chi connectivity index (χ0) is 18.5. The second-order valence-corrected chi connectivity index (χ2v) is 6.76. The van der Waals surface area contributed by atoms with E-state index in [0.29, 0.717) is 6.42 Å². The summed E-state index contributed by atoms with van der Waals surface area (Å²) in [5.41, 5.74) is 4.19. The molecule has 26 heavy (non-hydrogen) atoms. The van der Waals surface area contributed by atoms with Crippen molar-refractivity contribution in [2.24, 2.45) is 0 Å². The molecule has 0 atom stereocenters. The van der Waals surface area contributed by atoms with Gasteiger partial charge < -0.3 is 15.1 Å². The molecule has 1 heterocycles. The molecule has 2 aromatic carbocycles. The second kappa shape index (κ2) is 8.04. The molecule has 0 unspecified atom stereocenters. The van der Waals surface area contributed by atoms with Crippen molar-refractivity contribution in [3.63, 3.8) is 0 Å². The van der Waals surface area contributed by atoms with Crippen LogP contribution in [0.2, 0.25) is 0 Å². The fourth-order valence-corrected chi connectivity index (χ4v) is 3.17. The van der Waals surface area contributed by atoms with E-state index in [1.165, 1.54) is 12.5 Å². The van der Waals surface area contributed by atoms with Gasteiger partial charge in [-0.1, -0.05) is 29.8 Å². The van der Waals surface area contributed by atoms with Crippen LogP contribution in [0, 0.1) is 6.92 Å². The minimum Gasteiger partial charge on any atom is -0.368 e.